The molecule has 0 atom stereocenters. The van der Waals surface area contributed by atoms with Gasteiger partial charge < -0.3 is 21.0 Å². The minimum atomic E-state index is -0.993. The van der Waals surface area contributed by atoms with Crippen LogP contribution in [0.25, 0.3) is 33.9 Å². The molecule has 4 N–H and O–H groups in total. The molecule has 1 aliphatic heterocycles. The number of amides is 1. The molecule has 0 saturated heterocycles. The molecule has 142 valence electrons. The molecule has 1 aliphatic rings. The first-order valence-corrected chi connectivity index (χ1v) is 8.54. The molecule has 0 aromatic carbocycles. The molecule has 29 heavy (non-hydrogen) atoms. The standard InChI is InChI=1S/C19H13N7O3/c20-19(27)29-14-9-22-7-4-11(14)18-25-15-12-2-1-5-23-17(12)24-13-8-21-6-3-10(13)16(15)26(18)28/h1-9,28H,(H2,20,27)(H,23,24). The summed E-state index contributed by atoms with van der Waals surface area (Å²) in [5.41, 5.74) is 8.49. The zero-order valence-corrected chi connectivity index (χ0v) is 14.8. The molecular weight excluding hydrogens is 374 g/mol. The van der Waals surface area contributed by atoms with Gasteiger partial charge in [-0.2, -0.15) is 4.73 Å². The average molecular weight is 387 g/mol. The van der Waals surface area contributed by atoms with Gasteiger partial charge in [-0.15, -0.1) is 0 Å². The predicted molar refractivity (Wildman–Crippen MR) is 103 cm³/mol. The van der Waals surface area contributed by atoms with E-state index in [-0.39, 0.29) is 11.6 Å². The van der Waals surface area contributed by atoms with E-state index < -0.39 is 6.09 Å². The minimum Gasteiger partial charge on any atom is -0.426 e. The fourth-order valence-electron chi connectivity index (χ4n) is 3.29. The lowest BCUT2D eigenvalue weighted by atomic mass is 10.1. The molecule has 10 heteroatoms. The number of imidazole rings is 1. The van der Waals surface area contributed by atoms with Crippen molar-refractivity contribution < 1.29 is 14.7 Å². The van der Waals surface area contributed by atoms with E-state index in [1.807, 2.05) is 6.07 Å². The molecule has 5 heterocycles. The molecule has 4 aromatic rings. The first-order chi connectivity index (χ1) is 14.1. The Kier molecular flexibility index (Phi) is 3.63. The molecule has 0 saturated carbocycles. The Hall–Kier alpha value is -4.47. The number of primary amides is 1. The van der Waals surface area contributed by atoms with Gasteiger partial charge >= 0.3 is 6.09 Å². The molecular formula is C19H13N7O3. The third kappa shape index (κ3) is 2.62. The summed E-state index contributed by atoms with van der Waals surface area (Å²) in [6.45, 7) is 0. The van der Waals surface area contributed by atoms with Crippen LogP contribution in [-0.4, -0.2) is 36.0 Å². The third-order valence-electron chi connectivity index (χ3n) is 4.48. The summed E-state index contributed by atoms with van der Waals surface area (Å²) in [6.07, 6.45) is 6.75. The monoisotopic (exact) mass is 387 g/mol. The summed E-state index contributed by atoms with van der Waals surface area (Å²) in [7, 11) is 0. The predicted octanol–water partition coefficient (Wildman–Crippen LogP) is 2.82. The van der Waals surface area contributed by atoms with E-state index >= 15 is 0 Å². The van der Waals surface area contributed by atoms with Gasteiger partial charge in [0.1, 0.15) is 17.2 Å². The quantitative estimate of drug-likeness (QED) is 0.393. The van der Waals surface area contributed by atoms with E-state index in [4.69, 9.17) is 10.5 Å². The number of carbonyl (C=O) groups is 1. The first kappa shape index (κ1) is 16.7. The van der Waals surface area contributed by atoms with Crippen LogP contribution in [0.1, 0.15) is 0 Å². The SMILES string of the molecule is NC(=O)Oc1cnccc1-c1nc2c(n1O)-c1ccncc1Nc1ncccc1-2. The van der Waals surface area contributed by atoms with Crippen molar-refractivity contribution in [3.05, 3.63) is 55.2 Å². The Morgan fingerprint density at radius 3 is 2.69 bits per heavy atom. The Balaban J connectivity index is 1.81. The van der Waals surface area contributed by atoms with Gasteiger partial charge in [0, 0.05) is 29.7 Å². The van der Waals surface area contributed by atoms with Crippen molar-refractivity contribution in [2.45, 2.75) is 0 Å². The number of pyridine rings is 3. The number of hydrogen-bond acceptors (Lipinski definition) is 8. The summed E-state index contributed by atoms with van der Waals surface area (Å²) in [4.78, 5) is 28.4. The van der Waals surface area contributed by atoms with Crippen LogP contribution in [0.3, 0.4) is 0 Å². The van der Waals surface area contributed by atoms with Gasteiger partial charge in [0.2, 0.25) is 0 Å². The topological polar surface area (TPSA) is 141 Å². The Morgan fingerprint density at radius 2 is 1.86 bits per heavy atom. The maximum Gasteiger partial charge on any atom is 0.410 e. The summed E-state index contributed by atoms with van der Waals surface area (Å²) in [5, 5.41) is 14.3. The fraction of sp³-hybridized carbons (Fsp3) is 0. The smallest absolute Gasteiger partial charge is 0.410 e. The van der Waals surface area contributed by atoms with Gasteiger partial charge in [-0.05, 0) is 24.3 Å². The van der Waals surface area contributed by atoms with E-state index in [0.29, 0.717) is 39.6 Å². The number of aromatic nitrogens is 5. The van der Waals surface area contributed by atoms with Gasteiger partial charge in [-0.3, -0.25) is 9.97 Å². The number of rotatable bonds is 2. The van der Waals surface area contributed by atoms with Gasteiger partial charge in [-0.1, -0.05) is 0 Å². The molecule has 0 bridgehead atoms. The highest BCUT2D eigenvalue weighted by molar-refractivity contribution is 5.95. The highest BCUT2D eigenvalue weighted by Crippen LogP contribution is 2.44. The largest absolute Gasteiger partial charge is 0.426 e. The van der Waals surface area contributed by atoms with E-state index in [0.717, 1.165) is 4.73 Å². The second-order valence-electron chi connectivity index (χ2n) is 6.18. The minimum absolute atomic E-state index is 0.0787. The van der Waals surface area contributed by atoms with Gasteiger partial charge in [0.05, 0.1) is 23.6 Å². The van der Waals surface area contributed by atoms with E-state index in [1.165, 1.54) is 12.4 Å². The Bertz CT molecular complexity index is 1270. The van der Waals surface area contributed by atoms with Gasteiger partial charge in [0.25, 0.3) is 0 Å². The van der Waals surface area contributed by atoms with E-state index in [1.54, 1.807) is 36.8 Å². The van der Waals surface area contributed by atoms with Crippen molar-refractivity contribution in [1.29, 1.82) is 0 Å². The molecule has 0 aliphatic carbocycles. The second kappa shape index (κ2) is 6.30. The van der Waals surface area contributed by atoms with Gasteiger partial charge in [0.15, 0.2) is 11.6 Å². The molecule has 0 fully saturated rings. The Labute approximate surface area is 163 Å². The molecule has 1 amide bonds. The lowest BCUT2D eigenvalue weighted by Crippen LogP contribution is -2.17. The van der Waals surface area contributed by atoms with Crippen molar-refractivity contribution in [3.63, 3.8) is 0 Å². The van der Waals surface area contributed by atoms with Crippen molar-refractivity contribution in [2.24, 2.45) is 5.73 Å². The highest BCUT2D eigenvalue weighted by atomic mass is 16.5. The summed E-state index contributed by atoms with van der Waals surface area (Å²) in [6, 6.07) is 6.96. The van der Waals surface area contributed by atoms with Crippen molar-refractivity contribution in [2.75, 3.05) is 5.32 Å². The Morgan fingerprint density at radius 1 is 1.07 bits per heavy atom. The number of carbonyl (C=O) groups excluding carboxylic acids is 1. The third-order valence-corrected chi connectivity index (χ3v) is 4.48. The van der Waals surface area contributed by atoms with Crippen LogP contribution in [0.15, 0.2) is 55.2 Å². The molecule has 0 radical (unpaired) electrons. The van der Waals surface area contributed by atoms with Crippen LogP contribution in [-0.2, 0) is 0 Å². The molecule has 4 aromatic heterocycles. The maximum atomic E-state index is 11.3. The van der Waals surface area contributed by atoms with Crippen LogP contribution in [0.2, 0.25) is 0 Å². The van der Waals surface area contributed by atoms with Crippen molar-refractivity contribution >= 4 is 17.6 Å². The van der Waals surface area contributed by atoms with Crippen LogP contribution < -0.4 is 15.8 Å². The van der Waals surface area contributed by atoms with Gasteiger partial charge in [-0.25, -0.2) is 14.8 Å². The summed E-state index contributed by atoms with van der Waals surface area (Å²) < 4.78 is 5.97. The number of hydrogen-bond donors (Lipinski definition) is 3. The van der Waals surface area contributed by atoms with E-state index in [9.17, 15) is 10.0 Å². The number of ether oxygens (including phenoxy) is 1. The van der Waals surface area contributed by atoms with Crippen LogP contribution >= 0.6 is 0 Å². The number of nitrogens with two attached hydrogens (primary N) is 1. The number of fused-ring (bicyclic) bond motifs is 5. The molecule has 0 unspecified atom stereocenters. The van der Waals surface area contributed by atoms with Crippen molar-refractivity contribution in [3.8, 4) is 39.7 Å². The normalized spacial score (nSPS) is 11.4. The first-order valence-electron chi connectivity index (χ1n) is 8.54. The number of anilines is 2. The highest BCUT2D eigenvalue weighted by Gasteiger charge is 2.29. The van der Waals surface area contributed by atoms with Crippen LogP contribution in [0, 0.1) is 0 Å². The van der Waals surface area contributed by atoms with Crippen LogP contribution in [0.4, 0.5) is 16.3 Å². The number of nitrogens with zero attached hydrogens (tertiary/aromatic N) is 5. The average Bonchev–Trinajstić information content (AvgIpc) is 2.98. The molecule has 5 rings (SSSR count). The summed E-state index contributed by atoms with van der Waals surface area (Å²) in [5.74, 6) is 0.816. The summed E-state index contributed by atoms with van der Waals surface area (Å²) >= 11 is 0. The zero-order valence-electron chi connectivity index (χ0n) is 14.8. The molecule has 0 spiro atoms. The van der Waals surface area contributed by atoms with Crippen LogP contribution in [0.5, 0.6) is 5.75 Å². The van der Waals surface area contributed by atoms with E-state index in [2.05, 4.69) is 25.3 Å². The van der Waals surface area contributed by atoms with Crippen molar-refractivity contribution in [1.82, 2.24) is 24.7 Å². The lowest BCUT2D eigenvalue weighted by Gasteiger charge is -2.10. The molecule has 10 nitrogen and oxygen atoms in total. The second-order valence-corrected chi connectivity index (χ2v) is 6.18. The fourth-order valence-corrected chi connectivity index (χ4v) is 3.29. The zero-order chi connectivity index (χ0) is 20.0. The number of nitrogens with one attached hydrogen (secondary N) is 1. The lowest BCUT2D eigenvalue weighted by molar-refractivity contribution is 0.194. The maximum absolute atomic E-state index is 11.3.